The van der Waals surface area contributed by atoms with Gasteiger partial charge in [-0.15, -0.1) is 11.3 Å². The van der Waals surface area contributed by atoms with Gasteiger partial charge in [0.15, 0.2) is 0 Å². The Labute approximate surface area is 127 Å². The van der Waals surface area contributed by atoms with Gasteiger partial charge in [-0.1, -0.05) is 0 Å². The van der Waals surface area contributed by atoms with Gasteiger partial charge in [-0.05, 0) is 55.3 Å². The van der Waals surface area contributed by atoms with Crippen LogP contribution in [0.1, 0.15) is 36.0 Å². The predicted octanol–water partition coefficient (Wildman–Crippen LogP) is 3.38. The Morgan fingerprint density at radius 3 is 2.26 bits per heavy atom. The number of halogens is 1. The van der Waals surface area contributed by atoms with Crippen LogP contribution < -0.4 is 0 Å². The zero-order chi connectivity index (χ0) is 14.2. The van der Waals surface area contributed by atoms with Crippen LogP contribution in [0.5, 0.6) is 0 Å². The molecular formula is C14H21BrN2OS. The minimum absolute atomic E-state index is 0.173. The summed E-state index contributed by atoms with van der Waals surface area (Å²) < 4.78 is 1.06. The lowest BCUT2D eigenvalue weighted by atomic mass is 10.0. The second-order valence-corrected chi connectivity index (χ2v) is 8.39. The molecule has 0 atom stereocenters. The van der Waals surface area contributed by atoms with Crippen LogP contribution in [0, 0.1) is 6.92 Å². The molecule has 1 aliphatic heterocycles. The van der Waals surface area contributed by atoms with Crippen molar-refractivity contribution in [3.8, 4) is 0 Å². The Morgan fingerprint density at radius 2 is 1.84 bits per heavy atom. The van der Waals surface area contributed by atoms with E-state index in [-0.39, 0.29) is 11.4 Å². The molecule has 0 saturated carbocycles. The van der Waals surface area contributed by atoms with E-state index >= 15 is 0 Å². The van der Waals surface area contributed by atoms with Gasteiger partial charge in [0.2, 0.25) is 0 Å². The van der Waals surface area contributed by atoms with Crippen molar-refractivity contribution in [2.75, 3.05) is 26.2 Å². The fourth-order valence-electron chi connectivity index (χ4n) is 2.30. The summed E-state index contributed by atoms with van der Waals surface area (Å²) in [6, 6.07) is 1.98. The third-order valence-corrected chi connectivity index (χ3v) is 5.71. The van der Waals surface area contributed by atoms with E-state index < -0.39 is 0 Å². The van der Waals surface area contributed by atoms with E-state index in [1.165, 1.54) is 11.3 Å². The molecule has 1 saturated heterocycles. The maximum atomic E-state index is 12.4. The number of piperazine rings is 1. The van der Waals surface area contributed by atoms with Gasteiger partial charge < -0.3 is 4.90 Å². The van der Waals surface area contributed by atoms with Crippen molar-refractivity contribution in [3.05, 3.63) is 20.3 Å². The monoisotopic (exact) mass is 344 g/mol. The number of carbonyl (C=O) groups is 1. The van der Waals surface area contributed by atoms with Gasteiger partial charge in [0, 0.05) is 31.7 Å². The van der Waals surface area contributed by atoms with Crippen LogP contribution in [-0.2, 0) is 0 Å². The summed E-state index contributed by atoms with van der Waals surface area (Å²) in [5.41, 5.74) is 1.33. The van der Waals surface area contributed by atoms with Crippen LogP contribution >= 0.6 is 27.3 Å². The average Bonchev–Trinajstić information content (AvgIpc) is 2.68. The first kappa shape index (κ1) is 15.0. The van der Waals surface area contributed by atoms with Crippen molar-refractivity contribution in [2.24, 2.45) is 0 Å². The maximum Gasteiger partial charge on any atom is 0.264 e. The summed E-state index contributed by atoms with van der Waals surface area (Å²) in [5, 5.41) is 0. The molecule has 0 aliphatic carbocycles. The Morgan fingerprint density at radius 1 is 1.26 bits per heavy atom. The highest BCUT2D eigenvalue weighted by Crippen LogP contribution is 2.28. The minimum Gasteiger partial charge on any atom is -0.335 e. The van der Waals surface area contributed by atoms with Crippen molar-refractivity contribution in [1.82, 2.24) is 9.80 Å². The molecule has 0 aromatic carbocycles. The zero-order valence-electron chi connectivity index (χ0n) is 12.0. The molecule has 3 nitrogen and oxygen atoms in total. The zero-order valence-corrected chi connectivity index (χ0v) is 14.4. The smallest absolute Gasteiger partial charge is 0.264 e. The number of carbonyl (C=O) groups excluding carboxylic acids is 1. The van der Waals surface area contributed by atoms with E-state index in [0.717, 1.165) is 40.4 Å². The standard InChI is InChI=1S/C14H21BrN2OS/c1-10-9-11(19-12(10)15)13(18)16-5-7-17(8-6-16)14(2,3)4/h9H,5-8H2,1-4H3. The SMILES string of the molecule is Cc1cc(C(=O)N2CCN(C(C)(C)C)CC2)sc1Br. The van der Waals surface area contributed by atoms with E-state index in [9.17, 15) is 4.79 Å². The quantitative estimate of drug-likeness (QED) is 0.779. The van der Waals surface area contributed by atoms with Crippen LogP contribution in [0.4, 0.5) is 0 Å². The van der Waals surface area contributed by atoms with Crippen molar-refractivity contribution in [3.63, 3.8) is 0 Å². The van der Waals surface area contributed by atoms with Crippen LogP contribution in [0.15, 0.2) is 9.85 Å². The van der Waals surface area contributed by atoms with Gasteiger partial charge >= 0.3 is 0 Å². The first-order valence-corrected chi connectivity index (χ1v) is 8.20. The van der Waals surface area contributed by atoms with Gasteiger partial charge in [0.1, 0.15) is 0 Å². The summed E-state index contributed by atoms with van der Waals surface area (Å²) in [7, 11) is 0. The molecule has 106 valence electrons. The molecular weight excluding hydrogens is 324 g/mol. The summed E-state index contributed by atoms with van der Waals surface area (Å²) in [5.74, 6) is 0.173. The van der Waals surface area contributed by atoms with E-state index in [0.29, 0.717) is 0 Å². The van der Waals surface area contributed by atoms with Crippen molar-refractivity contribution >= 4 is 33.2 Å². The largest absolute Gasteiger partial charge is 0.335 e. The summed E-state index contributed by atoms with van der Waals surface area (Å²) in [6.07, 6.45) is 0. The first-order valence-electron chi connectivity index (χ1n) is 6.59. The number of thiophene rings is 1. The molecule has 19 heavy (non-hydrogen) atoms. The summed E-state index contributed by atoms with van der Waals surface area (Å²) >= 11 is 5.02. The van der Waals surface area contributed by atoms with Crippen LogP contribution in [0.2, 0.25) is 0 Å². The molecule has 0 bridgehead atoms. The molecule has 1 fully saturated rings. The molecule has 2 rings (SSSR count). The second-order valence-electron chi connectivity index (χ2n) is 6.02. The lowest BCUT2D eigenvalue weighted by Crippen LogP contribution is -2.54. The second kappa shape index (κ2) is 5.54. The number of rotatable bonds is 1. The Hall–Kier alpha value is -0.390. The highest BCUT2D eigenvalue weighted by molar-refractivity contribution is 9.11. The third kappa shape index (κ3) is 3.38. The van der Waals surface area contributed by atoms with Crippen molar-refractivity contribution in [2.45, 2.75) is 33.2 Å². The van der Waals surface area contributed by atoms with Crippen molar-refractivity contribution in [1.29, 1.82) is 0 Å². The fourth-order valence-corrected chi connectivity index (χ4v) is 3.80. The molecule has 0 radical (unpaired) electrons. The maximum absolute atomic E-state index is 12.4. The lowest BCUT2D eigenvalue weighted by molar-refractivity contribution is 0.0454. The number of nitrogens with zero attached hydrogens (tertiary/aromatic N) is 2. The predicted molar refractivity (Wildman–Crippen MR) is 84.0 cm³/mol. The van der Waals surface area contributed by atoms with Crippen molar-refractivity contribution < 1.29 is 4.79 Å². The van der Waals surface area contributed by atoms with Gasteiger partial charge in [-0.25, -0.2) is 0 Å². The van der Waals surface area contributed by atoms with E-state index in [1.807, 2.05) is 17.9 Å². The van der Waals surface area contributed by atoms with Gasteiger partial charge in [-0.3, -0.25) is 9.69 Å². The summed E-state index contributed by atoms with van der Waals surface area (Å²) in [4.78, 5) is 17.7. The highest BCUT2D eigenvalue weighted by Gasteiger charge is 2.28. The molecule has 0 spiro atoms. The molecule has 1 aromatic rings. The van der Waals surface area contributed by atoms with Gasteiger partial charge in [0.05, 0.1) is 8.66 Å². The molecule has 0 N–H and O–H groups in total. The van der Waals surface area contributed by atoms with Crippen LogP contribution in [-0.4, -0.2) is 47.4 Å². The number of amides is 1. The van der Waals surface area contributed by atoms with Crippen LogP contribution in [0.25, 0.3) is 0 Å². The number of hydrogen-bond donors (Lipinski definition) is 0. The van der Waals surface area contributed by atoms with E-state index in [4.69, 9.17) is 0 Å². The fraction of sp³-hybridized carbons (Fsp3) is 0.643. The van der Waals surface area contributed by atoms with Gasteiger partial charge in [-0.2, -0.15) is 0 Å². The van der Waals surface area contributed by atoms with Gasteiger partial charge in [0.25, 0.3) is 5.91 Å². The minimum atomic E-state index is 0.173. The Balaban J connectivity index is 2.00. The summed E-state index contributed by atoms with van der Waals surface area (Å²) in [6.45, 7) is 12.3. The molecule has 2 heterocycles. The molecule has 1 aromatic heterocycles. The molecule has 0 unspecified atom stereocenters. The Bertz CT molecular complexity index is 451. The molecule has 5 heteroatoms. The lowest BCUT2D eigenvalue weighted by Gasteiger charge is -2.42. The molecule has 1 amide bonds. The topological polar surface area (TPSA) is 23.6 Å². The number of aryl methyl sites for hydroxylation is 1. The highest BCUT2D eigenvalue weighted by atomic mass is 79.9. The first-order chi connectivity index (χ1) is 8.79. The van der Waals surface area contributed by atoms with Crippen LogP contribution in [0.3, 0.4) is 0 Å². The molecule has 1 aliphatic rings. The Kier molecular flexibility index (Phi) is 4.38. The van der Waals surface area contributed by atoms with E-state index in [2.05, 4.69) is 41.6 Å². The normalized spacial score (nSPS) is 17.8. The average molecular weight is 345 g/mol. The third-order valence-electron chi connectivity index (χ3n) is 3.58. The van der Waals surface area contributed by atoms with E-state index in [1.54, 1.807) is 0 Å². The number of hydrogen-bond acceptors (Lipinski definition) is 3.